The zero-order valence-corrected chi connectivity index (χ0v) is 21.5. The molecule has 0 aliphatic carbocycles. The van der Waals surface area contributed by atoms with E-state index in [1.807, 2.05) is 0 Å². The first kappa shape index (κ1) is 27.9. The quantitative estimate of drug-likeness (QED) is 0.247. The van der Waals surface area contributed by atoms with Gasteiger partial charge in [0.25, 0.3) is 0 Å². The van der Waals surface area contributed by atoms with Crippen LogP contribution >= 0.6 is 0 Å². The molecule has 0 saturated heterocycles. The van der Waals surface area contributed by atoms with Crippen molar-refractivity contribution in [3.05, 3.63) is 48.5 Å². The number of carbonyl (C=O) groups is 2. The highest BCUT2D eigenvalue weighted by molar-refractivity contribution is 6.67. The molecule has 10 heteroatoms. The maximum absolute atomic E-state index is 12.1. The summed E-state index contributed by atoms with van der Waals surface area (Å²) in [6.45, 7) is 6.92. The summed E-state index contributed by atoms with van der Waals surface area (Å²) < 4.78 is 10.3. The van der Waals surface area contributed by atoms with E-state index in [2.05, 4.69) is 31.0 Å². The molecule has 0 heterocycles. The molecule has 0 radical (unpaired) electrons. The molecule has 10 nitrogen and oxygen atoms in total. The predicted octanol–water partition coefficient (Wildman–Crippen LogP) is 4.04. The standard InChI is InChI=1S/C26H32N6O4/c1-17(25(19(3)33)31-29-21-7-11-23(35-5)12-8-21)27-15-16-28-18(2)26(20(4)34)32-30-22-9-13-24(36-6)14-10-22/h7-14,29-30H,15-16H2,1-6H3. The number of Topliss-reactive ketones (excluding diaryl/α,β-unsaturated/α-hetero) is 2. The van der Waals surface area contributed by atoms with Crippen LogP contribution in [0.25, 0.3) is 0 Å². The zero-order chi connectivity index (χ0) is 26.5. The molecular formula is C26H32N6O4. The molecule has 0 bridgehead atoms. The smallest absolute Gasteiger partial charge is 0.181 e. The van der Waals surface area contributed by atoms with Gasteiger partial charge in [-0.1, -0.05) is 0 Å². The van der Waals surface area contributed by atoms with Crippen LogP contribution in [0.4, 0.5) is 11.4 Å². The average molecular weight is 493 g/mol. The summed E-state index contributed by atoms with van der Waals surface area (Å²) in [4.78, 5) is 33.0. The Morgan fingerprint density at radius 3 is 1.25 bits per heavy atom. The number of carbonyl (C=O) groups excluding carboxylic acids is 2. The number of benzene rings is 2. The van der Waals surface area contributed by atoms with Crippen LogP contribution < -0.4 is 20.3 Å². The van der Waals surface area contributed by atoms with E-state index in [0.29, 0.717) is 35.9 Å². The summed E-state index contributed by atoms with van der Waals surface area (Å²) in [5.74, 6) is 1.01. The Morgan fingerprint density at radius 1 is 0.639 bits per heavy atom. The fraction of sp³-hybridized carbons (Fsp3) is 0.308. The maximum atomic E-state index is 12.1. The first-order chi connectivity index (χ1) is 17.2. The minimum atomic E-state index is -0.215. The molecule has 0 aliphatic rings. The van der Waals surface area contributed by atoms with Crippen molar-refractivity contribution in [2.45, 2.75) is 27.7 Å². The largest absolute Gasteiger partial charge is 0.497 e. The normalized spacial score (nSPS) is 12.7. The molecule has 0 spiro atoms. The van der Waals surface area contributed by atoms with Gasteiger partial charge in [0, 0.05) is 13.8 Å². The number of hydrazone groups is 2. The summed E-state index contributed by atoms with van der Waals surface area (Å²) in [6, 6.07) is 14.3. The Labute approximate surface area is 211 Å². The second kappa shape index (κ2) is 14.1. The van der Waals surface area contributed by atoms with Gasteiger partial charge in [0.2, 0.25) is 0 Å². The van der Waals surface area contributed by atoms with Crippen molar-refractivity contribution in [1.82, 2.24) is 0 Å². The highest BCUT2D eigenvalue weighted by Gasteiger charge is 2.12. The average Bonchev–Trinajstić information content (AvgIpc) is 2.87. The molecule has 0 unspecified atom stereocenters. The number of rotatable bonds is 13. The minimum Gasteiger partial charge on any atom is -0.497 e. The molecule has 2 N–H and O–H groups in total. The van der Waals surface area contributed by atoms with Gasteiger partial charge in [-0.2, -0.15) is 10.2 Å². The van der Waals surface area contributed by atoms with E-state index in [9.17, 15) is 9.59 Å². The van der Waals surface area contributed by atoms with Gasteiger partial charge < -0.3 is 9.47 Å². The van der Waals surface area contributed by atoms with Gasteiger partial charge in [0.05, 0.1) is 50.1 Å². The van der Waals surface area contributed by atoms with Crippen LogP contribution in [0.1, 0.15) is 27.7 Å². The van der Waals surface area contributed by atoms with Crippen molar-refractivity contribution in [2.75, 3.05) is 38.2 Å². The Hall–Kier alpha value is -4.34. The monoisotopic (exact) mass is 492 g/mol. The molecule has 2 aromatic rings. The molecule has 0 aromatic heterocycles. The lowest BCUT2D eigenvalue weighted by atomic mass is 10.2. The van der Waals surface area contributed by atoms with E-state index < -0.39 is 0 Å². The number of anilines is 2. The van der Waals surface area contributed by atoms with Crippen LogP contribution in [0.15, 0.2) is 68.7 Å². The summed E-state index contributed by atoms with van der Waals surface area (Å²) in [7, 11) is 3.18. The van der Waals surface area contributed by atoms with Crippen LogP contribution in [-0.4, -0.2) is 61.7 Å². The molecular weight excluding hydrogens is 460 g/mol. The van der Waals surface area contributed by atoms with E-state index in [-0.39, 0.29) is 23.0 Å². The van der Waals surface area contributed by atoms with Gasteiger partial charge in [-0.25, -0.2) is 0 Å². The van der Waals surface area contributed by atoms with Crippen LogP contribution in [0, 0.1) is 0 Å². The van der Waals surface area contributed by atoms with Gasteiger partial charge in [-0.05, 0) is 62.4 Å². The van der Waals surface area contributed by atoms with E-state index in [1.165, 1.54) is 13.8 Å². The first-order valence-electron chi connectivity index (χ1n) is 11.2. The molecule has 190 valence electrons. The number of ketones is 2. The number of aliphatic imine (C=N–C) groups is 2. The highest BCUT2D eigenvalue weighted by Crippen LogP contribution is 2.16. The molecule has 0 amide bonds. The van der Waals surface area contributed by atoms with E-state index in [1.54, 1.807) is 76.6 Å². The van der Waals surface area contributed by atoms with Gasteiger partial charge in [0.15, 0.2) is 11.6 Å². The lowest BCUT2D eigenvalue weighted by Gasteiger charge is -2.07. The molecule has 0 fully saturated rings. The van der Waals surface area contributed by atoms with Gasteiger partial charge in [-0.15, -0.1) is 0 Å². The Bertz CT molecular complexity index is 1070. The van der Waals surface area contributed by atoms with Crippen molar-refractivity contribution in [3.63, 3.8) is 0 Å². The number of nitrogens with zero attached hydrogens (tertiary/aromatic N) is 4. The van der Waals surface area contributed by atoms with E-state index in [0.717, 1.165) is 11.5 Å². The van der Waals surface area contributed by atoms with Crippen molar-refractivity contribution in [2.24, 2.45) is 20.2 Å². The highest BCUT2D eigenvalue weighted by atomic mass is 16.5. The van der Waals surface area contributed by atoms with Crippen molar-refractivity contribution < 1.29 is 19.1 Å². The van der Waals surface area contributed by atoms with Crippen LogP contribution in [-0.2, 0) is 9.59 Å². The second-order valence-corrected chi connectivity index (χ2v) is 7.65. The van der Waals surface area contributed by atoms with Crippen LogP contribution in [0.2, 0.25) is 0 Å². The van der Waals surface area contributed by atoms with Crippen molar-refractivity contribution in [3.8, 4) is 11.5 Å². The van der Waals surface area contributed by atoms with Gasteiger partial charge >= 0.3 is 0 Å². The van der Waals surface area contributed by atoms with Crippen molar-refractivity contribution in [1.29, 1.82) is 0 Å². The van der Waals surface area contributed by atoms with E-state index in [4.69, 9.17) is 9.47 Å². The third kappa shape index (κ3) is 8.79. The Kier molecular flexibility index (Phi) is 11.0. The number of hydrogen-bond donors (Lipinski definition) is 2. The molecule has 36 heavy (non-hydrogen) atoms. The number of ether oxygens (including phenoxy) is 2. The summed E-state index contributed by atoms with van der Waals surface area (Å²) in [6.07, 6.45) is 0. The first-order valence-corrected chi connectivity index (χ1v) is 11.2. The third-order valence-electron chi connectivity index (χ3n) is 4.92. The van der Waals surface area contributed by atoms with Crippen molar-refractivity contribution >= 4 is 45.8 Å². The minimum absolute atomic E-state index is 0.215. The Balaban J connectivity index is 2.02. The van der Waals surface area contributed by atoms with Crippen LogP contribution in [0.5, 0.6) is 11.5 Å². The lowest BCUT2D eigenvalue weighted by Crippen LogP contribution is -2.22. The summed E-state index contributed by atoms with van der Waals surface area (Å²) in [5, 5.41) is 8.42. The molecule has 0 saturated carbocycles. The second-order valence-electron chi connectivity index (χ2n) is 7.65. The summed E-state index contributed by atoms with van der Waals surface area (Å²) in [5.41, 5.74) is 8.56. The topological polar surface area (TPSA) is 126 Å². The maximum Gasteiger partial charge on any atom is 0.181 e. The predicted molar refractivity (Wildman–Crippen MR) is 145 cm³/mol. The fourth-order valence-electron chi connectivity index (χ4n) is 2.99. The SMILES string of the molecule is COc1ccc(NN=C(C(C)=O)C(C)=NCCN=C(C)C(=NNc2ccc(OC)cc2)C(C)=O)cc1. The number of methoxy groups -OCH3 is 2. The molecule has 0 aliphatic heterocycles. The van der Waals surface area contributed by atoms with E-state index >= 15 is 0 Å². The summed E-state index contributed by atoms with van der Waals surface area (Å²) >= 11 is 0. The molecule has 0 atom stereocenters. The molecule has 2 aromatic carbocycles. The number of nitrogens with one attached hydrogen (secondary N) is 2. The third-order valence-corrected chi connectivity index (χ3v) is 4.92. The fourth-order valence-corrected chi connectivity index (χ4v) is 2.99. The zero-order valence-electron chi connectivity index (χ0n) is 21.5. The Morgan fingerprint density at radius 2 is 0.972 bits per heavy atom. The lowest BCUT2D eigenvalue weighted by molar-refractivity contribution is -0.111. The molecule has 2 rings (SSSR count). The van der Waals surface area contributed by atoms with Crippen LogP contribution in [0.3, 0.4) is 0 Å². The van der Waals surface area contributed by atoms with Gasteiger partial charge in [0.1, 0.15) is 22.9 Å². The number of hydrogen-bond acceptors (Lipinski definition) is 10. The van der Waals surface area contributed by atoms with Gasteiger partial charge in [-0.3, -0.25) is 30.4 Å².